The number of carboxylic acid groups (broad SMARTS) is 1. The highest BCUT2D eigenvalue weighted by Gasteiger charge is 2.46. The molecule has 468 valence electrons. The molecule has 18 heteroatoms. The van der Waals surface area contributed by atoms with Crippen molar-refractivity contribution in [2.75, 3.05) is 75.4 Å². The molecule has 6 aliphatic rings. The van der Waals surface area contributed by atoms with Crippen molar-refractivity contribution in [3.8, 4) is 11.5 Å². The Balaban J connectivity index is 0.000000205. The van der Waals surface area contributed by atoms with Crippen molar-refractivity contribution in [3.05, 3.63) is 106 Å². The van der Waals surface area contributed by atoms with Crippen LogP contribution in [-0.4, -0.2) is 153 Å². The first-order valence-electron chi connectivity index (χ1n) is 30.6. The van der Waals surface area contributed by atoms with E-state index in [1.165, 1.54) is 4.90 Å². The Kier molecular flexibility index (Phi) is 17.2. The van der Waals surface area contributed by atoms with Crippen molar-refractivity contribution in [3.63, 3.8) is 0 Å². The van der Waals surface area contributed by atoms with Gasteiger partial charge in [-0.2, -0.15) is 0 Å². The third-order valence-corrected chi connectivity index (χ3v) is 16.9. The molecule has 18 nitrogen and oxygen atoms in total. The van der Waals surface area contributed by atoms with Crippen LogP contribution in [0.15, 0.2) is 66.7 Å². The molecular weight excluding hydrogens is 1090 g/mol. The van der Waals surface area contributed by atoms with Gasteiger partial charge in [-0.1, -0.05) is 78.8 Å². The molecule has 4 heterocycles. The third kappa shape index (κ3) is 14.5. The van der Waals surface area contributed by atoms with Crippen LogP contribution in [0.4, 0.5) is 41.9 Å². The number of benzene rings is 4. The van der Waals surface area contributed by atoms with E-state index < -0.39 is 51.0 Å². The molecule has 2 saturated heterocycles. The third-order valence-electron chi connectivity index (χ3n) is 16.9. The normalized spacial score (nSPS) is 19.3. The standard InChI is InChI=1S/2C34H47N3O6/c1-31(2,3)42-29(38)36-17-15-35(16-18-36)21-23-9-12-27-26(19-23)33(7,8)25-11-10-24(41-22-34(40)13-14-34)20-28(25)37(27)30(39)43-32(4,5)6;1-31(2,3)27-22(20-35-15-17-36(18-16-35)30(40)43-32(4,5)6)9-12-25-28(27)33(7,8)24-11-10-23(42-21-34(41)13-14-34)19-26(24)37(25)29(38)39/h9-12,19-20,40H,13-18,21-22H2,1-8H3;9-12,19,41H,13-18,20-21H2,1-8H3,(H,38,39). The number of amides is 4. The van der Waals surface area contributed by atoms with E-state index in [0.29, 0.717) is 55.6 Å². The molecule has 0 spiro atoms. The Labute approximate surface area is 509 Å². The maximum Gasteiger partial charge on any atom is 0.419 e. The molecule has 4 aromatic carbocycles. The molecule has 4 aliphatic heterocycles. The Morgan fingerprint density at radius 3 is 1.35 bits per heavy atom. The number of fused-ring (bicyclic) bond motifs is 4. The topological polar surface area (TPSA) is 195 Å². The van der Waals surface area contributed by atoms with Gasteiger partial charge in [0.2, 0.25) is 0 Å². The molecule has 0 radical (unpaired) electrons. The number of hydrogen-bond acceptors (Lipinski definition) is 13. The Morgan fingerprint density at radius 2 is 0.907 bits per heavy atom. The Morgan fingerprint density at radius 1 is 0.477 bits per heavy atom. The minimum Gasteiger partial charge on any atom is -0.491 e. The van der Waals surface area contributed by atoms with Crippen LogP contribution in [0.2, 0.25) is 0 Å². The van der Waals surface area contributed by atoms with Crippen LogP contribution in [0.3, 0.4) is 0 Å². The zero-order chi connectivity index (χ0) is 62.9. The number of aliphatic hydroxyl groups is 2. The van der Waals surface area contributed by atoms with Gasteiger partial charge in [-0.05, 0) is 157 Å². The maximum atomic E-state index is 13.7. The van der Waals surface area contributed by atoms with Gasteiger partial charge in [0.25, 0.3) is 0 Å². The summed E-state index contributed by atoms with van der Waals surface area (Å²) >= 11 is 0. The zero-order valence-corrected chi connectivity index (χ0v) is 53.9. The number of ether oxygens (including phenoxy) is 5. The summed E-state index contributed by atoms with van der Waals surface area (Å²) in [5, 5.41) is 31.1. The second-order valence-corrected chi connectivity index (χ2v) is 29.7. The quantitative estimate of drug-likeness (QED) is 0.127. The molecule has 2 saturated carbocycles. The highest BCUT2D eigenvalue weighted by Crippen LogP contribution is 2.55. The van der Waals surface area contributed by atoms with Crippen LogP contribution in [0.5, 0.6) is 11.5 Å². The maximum absolute atomic E-state index is 13.7. The van der Waals surface area contributed by atoms with Gasteiger partial charge in [-0.15, -0.1) is 0 Å². The minimum atomic E-state index is -1.05. The second-order valence-electron chi connectivity index (χ2n) is 29.7. The zero-order valence-electron chi connectivity index (χ0n) is 53.9. The minimum absolute atomic E-state index is 0.197. The van der Waals surface area contributed by atoms with Gasteiger partial charge in [0.05, 0.1) is 34.0 Å². The van der Waals surface area contributed by atoms with Gasteiger partial charge in [0, 0.05) is 88.4 Å². The van der Waals surface area contributed by atoms with Gasteiger partial charge < -0.3 is 48.8 Å². The van der Waals surface area contributed by atoms with Crippen LogP contribution in [0.25, 0.3) is 0 Å². The second kappa shape index (κ2) is 23.2. The number of anilines is 4. The van der Waals surface area contributed by atoms with E-state index in [-0.39, 0.29) is 30.8 Å². The molecule has 3 N–H and O–H groups in total. The average molecular weight is 1190 g/mol. The summed E-state index contributed by atoms with van der Waals surface area (Å²) in [4.78, 5) is 63.0. The monoisotopic (exact) mass is 1190 g/mol. The molecule has 4 fully saturated rings. The Bertz CT molecular complexity index is 3210. The number of nitrogens with zero attached hydrogens (tertiary/aromatic N) is 6. The smallest absolute Gasteiger partial charge is 0.419 e. The van der Waals surface area contributed by atoms with Crippen LogP contribution < -0.4 is 19.3 Å². The van der Waals surface area contributed by atoms with E-state index in [1.54, 1.807) is 20.8 Å². The summed E-state index contributed by atoms with van der Waals surface area (Å²) in [5.41, 5.74) is 5.78. The molecule has 0 unspecified atom stereocenters. The van der Waals surface area contributed by atoms with Crippen molar-refractivity contribution >= 4 is 47.1 Å². The molecule has 2 aliphatic carbocycles. The predicted molar refractivity (Wildman–Crippen MR) is 333 cm³/mol. The van der Waals surface area contributed by atoms with E-state index in [2.05, 4.69) is 76.5 Å². The highest BCUT2D eigenvalue weighted by molar-refractivity contribution is 6.01. The van der Waals surface area contributed by atoms with E-state index >= 15 is 0 Å². The number of piperazine rings is 2. The van der Waals surface area contributed by atoms with E-state index in [1.807, 2.05) is 105 Å². The first kappa shape index (κ1) is 63.9. The molecule has 0 aromatic heterocycles. The fourth-order valence-corrected chi connectivity index (χ4v) is 12.0. The lowest BCUT2D eigenvalue weighted by Gasteiger charge is -2.44. The lowest BCUT2D eigenvalue weighted by atomic mass is 9.66. The molecular formula is C68H94N6O12. The average Bonchev–Trinajstić information content (AvgIpc) is 1.77. The van der Waals surface area contributed by atoms with Gasteiger partial charge >= 0.3 is 24.4 Å². The van der Waals surface area contributed by atoms with Gasteiger partial charge in [0.15, 0.2) is 0 Å². The summed E-state index contributed by atoms with van der Waals surface area (Å²) in [7, 11) is 0. The van der Waals surface area contributed by atoms with Crippen molar-refractivity contribution in [2.45, 2.75) is 194 Å². The summed E-state index contributed by atoms with van der Waals surface area (Å²) in [6.45, 7) is 39.4. The summed E-state index contributed by atoms with van der Waals surface area (Å²) in [6.07, 6.45) is 0.877. The van der Waals surface area contributed by atoms with Crippen LogP contribution in [-0.2, 0) is 43.5 Å². The SMILES string of the molecule is CC(C)(C)OC(=O)N1CCN(Cc2ccc3c(c2)C(C)(C)c2ccc(OCC4(O)CC4)cc2N3C(=O)OC(C)(C)C)CC1.CC(C)(C)OC(=O)N1CCN(Cc2ccc3c(c2C(C)(C)C)C(C)(C)c2ccc(OCC4(O)CC4)cc2N3C(=O)O)CC1. The number of hydrogen-bond donors (Lipinski definition) is 3. The van der Waals surface area contributed by atoms with E-state index in [9.17, 15) is 34.5 Å². The first-order valence-corrected chi connectivity index (χ1v) is 30.6. The van der Waals surface area contributed by atoms with E-state index in [0.717, 1.165) is 109 Å². The van der Waals surface area contributed by atoms with Crippen molar-refractivity contribution < 1.29 is 58.2 Å². The molecule has 4 amide bonds. The van der Waals surface area contributed by atoms with Crippen LogP contribution in [0.1, 0.15) is 175 Å². The predicted octanol–water partition coefficient (Wildman–Crippen LogP) is 12.8. The van der Waals surface area contributed by atoms with Gasteiger partial charge in [-0.25, -0.2) is 29.0 Å². The Hall–Kier alpha value is -6.60. The van der Waals surface area contributed by atoms with Crippen molar-refractivity contribution in [1.82, 2.24) is 19.6 Å². The van der Waals surface area contributed by atoms with Crippen molar-refractivity contribution in [1.29, 1.82) is 0 Å². The summed E-state index contributed by atoms with van der Waals surface area (Å²) in [5.74, 6) is 1.15. The molecule has 0 atom stereocenters. The fourth-order valence-electron chi connectivity index (χ4n) is 12.0. The highest BCUT2D eigenvalue weighted by atomic mass is 16.6. The summed E-state index contributed by atoms with van der Waals surface area (Å²) < 4.78 is 28.9. The van der Waals surface area contributed by atoms with Gasteiger partial charge in [0.1, 0.15) is 41.5 Å². The number of carbonyl (C=O) groups is 4. The largest absolute Gasteiger partial charge is 0.491 e. The number of carbonyl (C=O) groups excluding carboxylic acids is 3. The lowest BCUT2D eigenvalue weighted by Crippen LogP contribution is -2.49. The number of rotatable bonds is 10. The summed E-state index contributed by atoms with van der Waals surface area (Å²) in [6, 6.07) is 21.7. The molecule has 10 rings (SSSR count). The van der Waals surface area contributed by atoms with Crippen LogP contribution >= 0.6 is 0 Å². The van der Waals surface area contributed by atoms with Gasteiger partial charge in [-0.3, -0.25) is 9.80 Å². The fraction of sp³-hybridized carbons (Fsp3) is 0.588. The van der Waals surface area contributed by atoms with Crippen molar-refractivity contribution in [2.24, 2.45) is 0 Å². The van der Waals surface area contributed by atoms with E-state index in [4.69, 9.17) is 23.7 Å². The molecule has 86 heavy (non-hydrogen) atoms. The lowest BCUT2D eigenvalue weighted by molar-refractivity contribution is 0.0129. The van der Waals surface area contributed by atoms with Crippen LogP contribution in [0, 0.1) is 0 Å². The molecule has 0 bridgehead atoms. The molecule has 4 aromatic rings. The first-order chi connectivity index (χ1) is 39.8.